The maximum absolute atomic E-state index is 12.7. The third kappa shape index (κ3) is 3.92. The SMILES string of the molecule is CCCc1nc(C)sc1C(=O)Nc1cc(C)nn1[C@H]1CCS(=O)(=O)C1. The van der Waals surface area contributed by atoms with E-state index in [1.54, 1.807) is 10.7 Å². The monoisotopic (exact) mass is 382 g/mol. The molecule has 0 spiro atoms. The fraction of sp³-hybridized carbons (Fsp3) is 0.562. The van der Waals surface area contributed by atoms with Gasteiger partial charge >= 0.3 is 0 Å². The lowest BCUT2D eigenvalue weighted by molar-refractivity contribution is 0.102. The lowest BCUT2D eigenvalue weighted by Gasteiger charge is -2.13. The van der Waals surface area contributed by atoms with Gasteiger partial charge in [-0.05, 0) is 26.7 Å². The minimum absolute atomic E-state index is 0.0672. The topological polar surface area (TPSA) is 93.9 Å². The normalized spacial score (nSPS) is 19.2. The predicted octanol–water partition coefficient (Wildman–Crippen LogP) is 2.52. The molecular weight excluding hydrogens is 360 g/mol. The highest BCUT2D eigenvalue weighted by Crippen LogP contribution is 2.28. The molecule has 1 fully saturated rings. The van der Waals surface area contributed by atoms with Crippen LogP contribution in [0.2, 0.25) is 0 Å². The molecule has 0 saturated carbocycles. The second-order valence-corrected chi connectivity index (χ2v) is 9.82. The Morgan fingerprint density at radius 3 is 2.84 bits per heavy atom. The smallest absolute Gasteiger partial charge is 0.268 e. The Morgan fingerprint density at radius 2 is 2.20 bits per heavy atom. The summed E-state index contributed by atoms with van der Waals surface area (Å²) in [6.45, 7) is 5.77. The molecule has 0 radical (unpaired) electrons. The second-order valence-electron chi connectivity index (χ2n) is 6.39. The van der Waals surface area contributed by atoms with Gasteiger partial charge in [0.05, 0.1) is 33.9 Å². The number of hydrogen-bond donors (Lipinski definition) is 1. The van der Waals surface area contributed by atoms with Gasteiger partial charge in [-0.1, -0.05) is 13.3 Å². The summed E-state index contributed by atoms with van der Waals surface area (Å²) >= 11 is 1.38. The van der Waals surface area contributed by atoms with Crippen molar-refractivity contribution < 1.29 is 13.2 Å². The van der Waals surface area contributed by atoms with Gasteiger partial charge < -0.3 is 5.32 Å². The van der Waals surface area contributed by atoms with Crippen LogP contribution in [0.5, 0.6) is 0 Å². The molecule has 25 heavy (non-hydrogen) atoms. The average Bonchev–Trinajstić information content (AvgIpc) is 3.17. The van der Waals surface area contributed by atoms with E-state index in [2.05, 4.69) is 22.3 Å². The first-order valence-corrected chi connectivity index (χ1v) is 11.0. The van der Waals surface area contributed by atoms with E-state index in [1.807, 2.05) is 13.8 Å². The first-order valence-electron chi connectivity index (χ1n) is 8.33. The van der Waals surface area contributed by atoms with Gasteiger partial charge in [-0.3, -0.25) is 4.79 Å². The summed E-state index contributed by atoms with van der Waals surface area (Å²) in [7, 11) is -3.02. The molecule has 0 aliphatic carbocycles. The highest BCUT2D eigenvalue weighted by molar-refractivity contribution is 7.91. The Hall–Kier alpha value is -1.74. The zero-order valence-corrected chi connectivity index (χ0v) is 16.2. The molecule has 0 aromatic carbocycles. The number of hydrogen-bond acceptors (Lipinski definition) is 6. The molecule has 0 bridgehead atoms. The number of anilines is 1. The van der Waals surface area contributed by atoms with E-state index in [1.165, 1.54) is 11.3 Å². The Labute approximate surface area is 151 Å². The van der Waals surface area contributed by atoms with Gasteiger partial charge in [0.25, 0.3) is 5.91 Å². The summed E-state index contributed by atoms with van der Waals surface area (Å²) in [4.78, 5) is 17.8. The summed E-state index contributed by atoms with van der Waals surface area (Å²) in [5.74, 6) is 0.560. The van der Waals surface area contributed by atoms with Crippen LogP contribution in [0.1, 0.15) is 51.9 Å². The highest BCUT2D eigenvalue weighted by Gasteiger charge is 2.31. The van der Waals surface area contributed by atoms with Crippen LogP contribution >= 0.6 is 11.3 Å². The van der Waals surface area contributed by atoms with Gasteiger partial charge in [0, 0.05) is 6.07 Å². The number of carbonyl (C=O) groups is 1. The van der Waals surface area contributed by atoms with Crippen molar-refractivity contribution in [3.63, 3.8) is 0 Å². The predicted molar refractivity (Wildman–Crippen MR) is 98.1 cm³/mol. The van der Waals surface area contributed by atoms with E-state index >= 15 is 0 Å². The van der Waals surface area contributed by atoms with Gasteiger partial charge in [0.1, 0.15) is 10.7 Å². The van der Waals surface area contributed by atoms with Crippen molar-refractivity contribution in [1.82, 2.24) is 14.8 Å². The Morgan fingerprint density at radius 1 is 1.44 bits per heavy atom. The first-order chi connectivity index (χ1) is 11.8. The van der Waals surface area contributed by atoms with Crippen molar-refractivity contribution in [3.8, 4) is 0 Å². The van der Waals surface area contributed by atoms with Crippen molar-refractivity contribution in [2.75, 3.05) is 16.8 Å². The number of nitrogens with zero attached hydrogens (tertiary/aromatic N) is 3. The van der Waals surface area contributed by atoms with Crippen LogP contribution in [0.3, 0.4) is 0 Å². The van der Waals surface area contributed by atoms with Gasteiger partial charge in [0.2, 0.25) is 0 Å². The zero-order valence-electron chi connectivity index (χ0n) is 14.6. The summed E-state index contributed by atoms with van der Waals surface area (Å²) < 4.78 is 25.2. The molecule has 2 aromatic heterocycles. The second kappa shape index (κ2) is 6.87. The van der Waals surface area contributed by atoms with Gasteiger partial charge in [-0.25, -0.2) is 18.1 Å². The molecule has 1 amide bonds. The number of carbonyl (C=O) groups excluding carboxylic acids is 1. The van der Waals surface area contributed by atoms with Crippen LogP contribution in [0.25, 0.3) is 0 Å². The molecule has 0 unspecified atom stereocenters. The minimum atomic E-state index is -3.02. The van der Waals surface area contributed by atoms with Crippen molar-refractivity contribution in [1.29, 1.82) is 0 Å². The summed E-state index contributed by atoms with van der Waals surface area (Å²) in [6, 6.07) is 1.54. The van der Waals surface area contributed by atoms with Crippen LogP contribution < -0.4 is 5.32 Å². The first kappa shape index (κ1) is 18.1. The Kier molecular flexibility index (Phi) is 4.97. The molecule has 7 nitrogen and oxygen atoms in total. The van der Waals surface area contributed by atoms with E-state index in [9.17, 15) is 13.2 Å². The molecule has 2 aromatic rings. The van der Waals surface area contributed by atoms with Crippen LogP contribution in [0.4, 0.5) is 5.82 Å². The fourth-order valence-corrected chi connectivity index (χ4v) is 5.64. The summed E-state index contributed by atoms with van der Waals surface area (Å²) in [5, 5.41) is 8.16. The molecule has 9 heteroatoms. The van der Waals surface area contributed by atoms with E-state index in [4.69, 9.17) is 0 Å². The number of thiazole rings is 1. The van der Waals surface area contributed by atoms with E-state index < -0.39 is 9.84 Å². The van der Waals surface area contributed by atoms with Crippen molar-refractivity contribution in [2.24, 2.45) is 0 Å². The van der Waals surface area contributed by atoms with Crippen LogP contribution in [-0.4, -0.2) is 40.6 Å². The molecule has 1 aliphatic rings. The number of aromatic nitrogens is 3. The molecule has 136 valence electrons. The Bertz CT molecular complexity index is 899. The van der Waals surface area contributed by atoms with Crippen LogP contribution in [0, 0.1) is 13.8 Å². The van der Waals surface area contributed by atoms with E-state index in [0.29, 0.717) is 17.1 Å². The summed E-state index contributed by atoms with van der Waals surface area (Å²) in [6.07, 6.45) is 2.19. The number of amides is 1. The number of aryl methyl sites for hydroxylation is 3. The third-order valence-corrected chi connectivity index (χ3v) is 6.91. The van der Waals surface area contributed by atoms with Crippen LogP contribution in [-0.2, 0) is 16.3 Å². The standard InChI is InChI=1S/C16H22N4O3S2/c1-4-5-13-15(24-11(3)17-13)16(21)18-14-8-10(2)19-20(14)12-6-7-25(22,23)9-12/h8,12H,4-7,9H2,1-3H3,(H,18,21)/t12-/m0/s1. The highest BCUT2D eigenvalue weighted by atomic mass is 32.2. The minimum Gasteiger partial charge on any atom is -0.306 e. The number of nitrogens with one attached hydrogen (secondary N) is 1. The maximum atomic E-state index is 12.7. The molecule has 3 rings (SSSR count). The molecule has 1 aliphatic heterocycles. The molecule has 1 N–H and O–H groups in total. The quantitative estimate of drug-likeness (QED) is 0.857. The molecular formula is C16H22N4O3S2. The van der Waals surface area contributed by atoms with Gasteiger partial charge in [-0.2, -0.15) is 5.10 Å². The van der Waals surface area contributed by atoms with Crippen LogP contribution in [0.15, 0.2) is 6.07 Å². The largest absolute Gasteiger partial charge is 0.306 e. The number of rotatable bonds is 5. The fourth-order valence-electron chi connectivity index (χ4n) is 3.08. The maximum Gasteiger partial charge on any atom is 0.268 e. The van der Waals surface area contributed by atoms with E-state index in [-0.39, 0.29) is 23.5 Å². The molecule has 1 saturated heterocycles. The zero-order chi connectivity index (χ0) is 18.2. The average molecular weight is 383 g/mol. The van der Waals surface area contributed by atoms with Crippen molar-refractivity contribution in [2.45, 2.75) is 46.1 Å². The lowest BCUT2D eigenvalue weighted by atomic mass is 10.2. The molecule has 1 atom stereocenters. The van der Waals surface area contributed by atoms with E-state index in [0.717, 1.165) is 29.2 Å². The van der Waals surface area contributed by atoms with Crippen molar-refractivity contribution in [3.05, 3.63) is 27.3 Å². The van der Waals surface area contributed by atoms with Gasteiger partial charge in [-0.15, -0.1) is 11.3 Å². The Balaban J connectivity index is 1.85. The lowest BCUT2D eigenvalue weighted by Crippen LogP contribution is -2.19. The van der Waals surface area contributed by atoms with Gasteiger partial charge in [0.15, 0.2) is 9.84 Å². The van der Waals surface area contributed by atoms with Crippen molar-refractivity contribution >= 4 is 32.9 Å². The summed E-state index contributed by atoms with van der Waals surface area (Å²) in [5.41, 5.74) is 1.56. The third-order valence-electron chi connectivity index (χ3n) is 4.15. The number of sulfone groups is 1. The molecule has 3 heterocycles.